The highest BCUT2D eigenvalue weighted by Gasteiger charge is 2.45. The van der Waals surface area contributed by atoms with Gasteiger partial charge in [0.1, 0.15) is 17.0 Å². The molecule has 1 unspecified atom stereocenters. The first kappa shape index (κ1) is 15.2. The SMILES string of the molecule is COC(=O)c1cc2c([nH]1)-c1ccncc1OC2(C)C1CCOCC1. The van der Waals surface area contributed by atoms with E-state index in [9.17, 15) is 4.79 Å². The van der Waals surface area contributed by atoms with Crippen LogP contribution in [0.25, 0.3) is 11.3 Å². The molecule has 2 aliphatic rings. The van der Waals surface area contributed by atoms with Crippen LogP contribution in [-0.2, 0) is 15.1 Å². The largest absolute Gasteiger partial charge is 0.480 e. The lowest BCUT2D eigenvalue weighted by atomic mass is 9.76. The van der Waals surface area contributed by atoms with E-state index in [1.165, 1.54) is 7.11 Å². The number of fused-ring (bicyclic) bond motifs is 3. The number of carbonyl (C=O) groups excluding carboxylic acids is 1. The summed E-state index contributed by atoms with van der Waals surface area (Å²) >= 11 is 0. The Balaban J connectivity index is 1.87. The van der Waals surface area contributed by atoms with Crippen LogP contribution in [0.5, 0.6) is 5.75 Å². The first-order valence-electron chi connectivity index (χ1n) is 8.16. The standard InChI is InChI=1S/C18H20N2O4/c1-18(11-4-7-23-8-5-11)13-9-14(17(21)22-2)20-16(13)12-3-6-19-10-15(12)24-18/h3,6,9-11,20H,4-5,7-8H2,1-2H3. The van der Waals surface area contributed by atoms with Gasteiger partial charge in [0.15, 0.2) is 0 Å². The molecule has 0 bridgehead atoms. The van der Waals surface area contributed by atoms with Gasteiger partial charge in [-0.15, -0.1) is 0 Å². The molecule has 1 N–H and O–H groups in total. The van der Waals surface area contributed by atoms with E-state index in [2.05, 4.69) is 16.9 Å². The molecule has 0 radical (unpaired) electrons. The van der Waals surface area contributed by atoms with Crippen LogP contribution >= 0.6 is 0 Å². The van der Waals surface area contributed by atoms with Crippen LogP contribution in [0.3, 0.4) is 0 Å². The van der Waals surface area contributed by atoms with Gasteiger partial charge in [0.2, 0.25) is 0 Å². The zero-order valence-electron chi connectivity index (χ0n) is 13.8. The van der Waals surface area contributed by atoms with Gasteiger partial charge in [-0.1, -0.05) is 0 Å². The monoisotopic (exact) mass is 328 g/mol. The van der Waals surface area contributed by atoms with Gasteiger partial charge in [0.05, 0.1) is 19.0 Å². The highest BCUT2D eigenvalue weighted by atomic mass is 16.5. The average Bonchev–Trinajstić information content (AvgIpc) is 3.08. The minimum Gasteiger partial charge on any atom is -0.480 e. The van der Waals surface area contributed by atoms with Crippen LogP contribution in [0.1, 0.15) is 35.8 Å². The summed E-state index contributed by atoms with van der Waals surface area (Å²) in [7, 11) is 1.38. The van der Waals surface area contributed by atoms with Crippen molar-refractivity contribution in [1.82, 2.24) is 9.97 Å². The fourth-order valence-electron chi connectivity index (χ4n) is 3.78. The molecule has 2 aromatic heterocycles. The summed E-state index contributed by atoms with van der Waals surface area (Å²) in [5.74, 6) is 0.659. The number of pyridine rings is 1. The molecule has 2 aliphatic heterocycles. The zero-order valence-corrected chi connectivity index (χ0v) is 13.8. The summed E-state index contributed by atoms with van der Waals surface area (Å²) in [5, 5.41) is 0. The van der Waals surface area contributed by atoms with Crippen molar-refractivity contribution in [2.75, 3.05) is 20.3 Å². The van der Waals surface area contributed by atoms with E-state index in [1.807, 2.05) is 12.1 Å². The van der Waals surface area contributed by atoms with Gasteiger partial charge in [-0.2, -0.15) is 0 Å². The Kier molecular flexibility index (Phi) is 3.57. The van der Waals surface area contributed by atoms with E-state index >= 15 is 0 Å². The average molecular weight is 328 g/mol. The summed E-state index contributed by atoms with van der Waals surface area (Å²) in [4.78, 5) is 19.4. The molecular formula is C18H20N2O4. The normalized spacial score (nSPS) is 23.1. The van der Waals surface area contributed by atoms with Gasteiger partial charge in [0.25, 0.3) is 0 Å². The molecule has 6 nitrogen and oxygen atoms in total. The van der Waals surface area contributed by atoms with E-state index in [0.29, 0.717) is 11.6 Å². The summed E-state index contributed by atoms with van der Waals surface area (Å²) in [5.41, 5.74) is 2.73. The van der Waals surface area contributed by atoms with Crippen molar-refractivity contribution in [2.45, 2.75) is 25.4 Å². The number of carbonyl (C=O) groups is 1. The van der Waals surface area contributed by atoms with Gasteiger partial charge in [-0.25, -0.2) is 4.79 Å². The van der Waals surface area contributed by atoms with Gasteiger partial charge < -0.3 is 19.2 Å². The van der Waals surface area contributed by atoms with Crippen molar-refractivity contribution >= 4 is 5.97 Å². The number of rotatable bonds is 2. The molecule has 1 fully saturated rings. The Hall–Kier alpha value is -2.34. The predicted molar refractivity (Wildman–Crippen MR) is 86.9 cm³/mol. The van der Waals surface area contributed by atoms with Crippen LogP contribution in [0, 0.1) is 5.92 Å². The molecule has 0 aliphatic carbocycles. The second kappa shape index (κ2) is 5.63. The van der Waals surface area contributed by atoms with Crippen LogP contribution in [0.4, 0.5) is 0 Å². The molecule has 4 rings (SSSR count). The minimum atomic E-state index is -0.530. The summed E-state index contributed by atoms with van der Waals surface area (Å²) in [6.45, 7) is 3.55. The lowest BCUT2D eigenvalue weighted by molar-refractivity contribution is -0.0419. The number of methoxy groups -OCH3 is 1. The maximum Gasteiger partial charge on any atom is 0.354 e. The highest BCUT2D eigenvalue weighted by Crippen LogP contribution is 2.50. The van der Waals surface area contributed by atoms with Crippen molar-refractivity contribution in [2.24, 2.45) is 5.92 Å². The van der Waals surface area contributed by atoms with Crippen LogP contribution in [0.2, 0.25) is 0 Å². The Labute approximate surface area is 140 Å². The fourth-order valence-corrected chi connectivity index (χ4v) is 3.78. The maximum atomic E-state index is 12.0. The molecule has 1 atom stereocenters. The third kappa shape index (κ3) is 2.21. The second-order valence-electron chi connectivity index (χ2n) is 6.43. The predicted octanol–water partition coefficient (Wildman–Crippen LogP) is 2.90. The molecule has 126 valence electrons. The zero-order chi connectivity index (χ0) is 16.7. The maximum absolute atomic E-state index is 12.0. The number of aromatic amines is 1. The quantitative estimate of drug-likeness (QED) is 0.858. The smallest absolute Gasteiger partial charge is 0.354 e. The van der Waals surface area contributed by atoms with Crippen LogP contribution in [-0.4, -0.2) is 36.3 Å². The minimum absolute atomic E-state index is 0.305. The first-order valence-corrected chi connectivity index (χ1v) is 8.16. The number of esters is 1. The molecule has 0 saturated carbocycles. The van der Waals surface area contributed by atoms with E-state index in [4.69, 9.17) is 14.2 Å². The Morgan fingerprint density at radius 2 is 2.21 bits per heavy atom. The van der Waals surface area contributed by atoms with Gasteiger partial charge in [-0.3, -0.25) is 4.98 Å². The topological polar surface area (TPSA) is 73.4 Å². The number of hydrogen-bond donors (Lipinski definition) is 1. The molecule has 2 aromatic rings. The van der Waals surface area contributed by atoms with E-state index in [-0.39, 0.29) is 5.97 Å². The first-order chi connectivity index (χ1) is 11.6. The van der Waals surface area contributed by atoms with Crippen molar-refractivity contribution in [1.29, 1.82) is 0 Å². The fraction of sp³-hybridized carbons (Fsp3) is 0.444. The van der Waals surface area contributed by atoms with Gasteiger partial charge in [-0.05, 0) is 31.9 Å². The molecule has 6 heteroatoms. The Morgan fingerprint density at radius 3 is 2.96 bits per heavy atom. The van der Waals surface area contributed by atoms with Crippen LogP contribution in [0.15, 0.2) is 24.5 Å². The number of nitrogens with zero attached hydrogens (tertiary/aromatic N) is 1. The summed E-state index contributed by atoms with van der Waals surface area (Å²) in [6, 6.07) is 3.76. The van der Waals surface area contributed by atoms with E-state index in [0.717, 1.165) is 48.6 Å². The number of ether oxygens (including phenoxy) is 3. The number of hydrogen-bond acceptors (Lipinski definition) is 5. The second-order valence-corrected chi connectivity index (χ2v) is 6.43. The molecule has 0 spiro atoms. The number of aromatic nitrogens is 2. The molecular weight excluding hydrogens is 308 g/mol. The lowest BCUT2D eigenvalue weighted by Crippen LogP contribution is -2.42. The van der Waals surface area contributed by atoms with E-state index in [1.54, 1.807) is 12.4 Å². The van der Waals surface area contributed by atoms with E-state index < -0.39 is 5.60 Å². The Morgan fingerprint density at radius 1 is 1.42 bits per heavy atom. The molecule has 0 amide bonds. The van der Waals surface area contributed by atoms with Crippen molar-refractivity contribution in [3.8, 4) is 17.0 Å². The van der Waals surface area contributed by atoms with Gasteiger partial charge >= 0.3 is 5.97 Å². The Bertz CT molecular complexity index is 779. The molecule has 24 heavy (non-hydrogen) atoms. The molecule has 4 heterocycles. The molecule has 1 saturated heterocycles. The van der Waals surface area contributed by atoms with Crippen LogP contribution < -0.4 is 4.74 Å². The van der Waals surface area contributed by atoms with Gasteiger partial charge in [0, 0.05) is 36.5 Å². The molecule has 0 aromatic carbocycles. The number of H-pyrrole nitrogens is 1. The van der Waals surface area contributed by atoms with Crippen molar-refractivity contribution in [3.63, 3.8) is 0 Å². The summed E-state index contributed by atoms with van der Waals surface area (Å²) < 4.78 is 16.8. The summed E-state index contributed by atoms with van der Waals surface area (Å²) in [6.07, 6.45) is 5.30. The third-order valence-electron chi connectivity index (χ3n) is 5.13. The van der Waals surface area contributed by atoms with Crippen molar-refractivity contribution in [3.05, 3.63) is 35.8 Å². The number of nitrogens with one attached hydrogen (secondary N) is 1. The lowest BCUT2D eigenvalue weighted by Gasteiger charge is -2.43. The highest BCUT2D eigenvalue weighted by molar-refractivity contribution is 5.90. The third-order valence-corrected chi connectivity index (χ3v) is 5.13. The van der Waals surface area contributed by atoms with Crippen molar-refractivity contribution < 1.29 is 19.0 Å².